The van der Waals surface area contributed by atoms with E-state index < -0.39 is 0 Å². The van der Waals surface area contributed by atoms with Gasteiger partial charge in [-0.15, -0.1) is 0 Å². The third-order valence-corrected chi connectivity index (χ3v) is 5.80. The summed E-state index contributed by atoms with van der Waals surface area (Å²) in [6.07, 6.45) is 5.87. The minimum atomic E-state index is 0.112. The first-order chi connectivity index (χ1) is 12.3. The highest BCUT2D eigenvalue weighted by Crippen LogP contribution is 2.26. The zero-order valence-electron chi connectivity index (χ0n) is 15.0. The summed E-state index contributed by atoms with van der Waals surface area (Å²) in [5.41, 5.74) is 1.25. The van der Waals surface area contributed by atoms with Crippen LogP contribution in [-0.4, -0.2) is 61.2 Å². The Morgan fingerprint density at radius 1 is 1.16 bits per heavy atom. The lowest BCUT2D eigenvalue weighted by Gasteiger charge is -2.30. The van der Waals surface area contributed by atoms with Crippen molar-refractivity contribution >= 4 is 6.03 Å². The van der Waals surface area contributed by atoms with Crippen LogP contribution in [0.25, 0.3) is 0 Å². The molecule has 3 aliphatic heterocycles. The van der Waals surface area contributed by atoms with Gasteiger partial charge < -0.3 is 19.9 Å². The monoisotopic (exact) mass is 343 g/mol. The lowest BCUT2D eigenvalue weighted by atomic mass is 9.97. The highest BCUT2D eigenvalue weighted by Gasteiger charge is 2.31. The van der Waals surface area contributed by atoms with Crippen LogP contribution in [0.5, 0.6) is 5.75 Å². The van der Waals surface area contributed by atoms with Crippen molar-refractivity contribution in [2.75, 3.05) is 39.3 Å². The van der Waals surface area contributed by atoms with Crippen LogP contribution >= 0.6 is 0 Å². The lowest BCUT2D eigenvalue weighted by Crippen LogP contribution is -2.48. The van der Waals surface area contributed by atoms with Crippen molar-refractivity contribution in [3.05, 3.63) is 29.8 Å². The molecule has 2 fully saturated rings. The number of rotatable bonds is 4. The zero-order chi connectivity index (χ0) is 17.1. The minimum absolute atomic E-state index is 0.112. The lowest BCUT2D eigenvalue weighted by molar-refractivity contribution is 0.168. The molecular formula is C20H29N3O2. The molecule has 1 aromatic carbocycles. The van der Waals surface area contributed by atoms with Crippen molar-refractivity contribution in [2.45, 2.75) is 38.1 Å². The first kappa shape index (κ1) is 16.7. The largest absolute Gasteiger partial charge is 0.493 e. The molecule has 2 atom stereocenters. The van der Waals surface area contributed by atoms with Crippen LogP contribution < -0.4 is 10.1 Å². The Hall–Kier alpha value is -1.75. The van der Waals surface area contributed by atoms with Gasteiger partial charge in [0.05, 0.1) is 6.61 Å². The van der Waals surface area contributed by atoms with Crippen LogP contribution in [0.4, 0.5) is 4.79 Å². The van der Waals surface area contributed by atoms with E-state index >= 15 is 0 Å². The Bertz CT molecular complexity index is 600. The van der Waals surface area contributed by atoms with Crippen molar-refractivity contribution in [1.29, 1.82) is 0 Å². The van der Waals surface area contributed by atoms with Crippen molar-refractivity contribution in [3.8, 4) is 5.75 Å². The normalized spacial score (nSPS) is 26.3. The Balaban J connectivity index is 1.27. The van der Waals surface area contributed by atoms with Crippen LogP contribution in [0.15, 0.2) is 24.3 Å². The molecule has 2 unspecified atom stereocenters. The van der Waals surface area contributed by atoms with Crippen molar-refractivity contribution in [1.82, 2.24) is 15.1 Å². The first-order valence-corrected chi connectivity index (χ1v) is 9.77. The summed E-state index contributed by atoms with van der Waals surface area (Å²) >= 11 is 0. The van der Waals surface area contributed by atoms with E-state index in [9.17, 15) is 4.79 Å². The van der Waals surface area contributed by atoms with Crippen LogP contribution in [0.1, 0.15) is 31.2 Å². The summed E-state index contributed by atoms with van der Waals surface area (Å²) in [6, 6.07) is 8.71. The van der Waals surface area contributed by atoms with E-state index in [0.717, 1.165) is 38.1 Å². The Morgan fingerprint density at radius 2 is 2.00 bits per heavy atom. The number of likely N-dealkylation sites (tertiary alicyclic amines) is 2. The average Bonchev–Trinajstić information content (AvgIpc) is 3.32. The fourth-order valence-electron chi connectivity index (χ4n) is 4.41. The van der Waals surface area contributed by atoms with Gasteiger partial charge in [-0.25, -0.2) is 4.79 Å². The van der Waals surface area contributed by atoms with Crippen molar-refractivity contribution in [2.24, 2.45) is 5.92 Å². The number of para-hydroxylation sites is 1. The quantitative estimate of drug-likeness (QED) is 0.914. The number of nitrogens with one attached hydrogen (secondary N) is 1. The molecular weight excluding hydrogens is 314 g/mol. The van der Waals surface area contributed by atoms with Gasteiger partial charge in [0.2, 0.25) is 0 Å². The van der Waals surface area contributed by atoms with Gasteiger partial charge in [-0.1, -0.05) is 18.2 Å². The number of ether oxygens (including phenoxy) is 1. The smallest absolute Gasteiger partial charge is 0.317 e. The van der Waals surface area contributed by atoms with E-state index in [2.05, 4.69) is 27.2 Å². The van der Waals surface area contributed by atoms with Crippen LogP contribution in [0.2, 0.25) is 0 Å². The second kappa shape index (κ2) is 7.65. The predicted octanol–water partition coefficient (Wildman–Crippen LogP) is 2.51. The molecule has 136 valence electrons. The van der Waals surface area contributed by atoms with Gasteiger partial charge >= 0.3 is 6.03 Å². The van der Waals surface area contributed by atoms with Crippen molar-refractivity contribution in [3.63, 3.8) is 0 Å². The van der Waals surface area contributed by atoms with E-state index in [1.165, 1.54) is 31.5 Å². The fraction of sp³-hybridized carbons (Fsp3) is 0.650. The Morgan fingerprint density at radius 3 is 2.88 bits per heavy atom. The van der Waals surface area contributed by atoms with Crippen LogP contribution in [0.3, 0.4) is 0 Å². The third-order valence-electron chi connectivity index (χ3n) is 5.80. The van der Waals surface area contributed by atoms with Gasteiger partial charge in [0.1, 0.15) is 5.75 Å². The average molecular weight is 343 g/mol. The summed E-state index contributed by atoms with van der Waals surface area (Å²) in [5, 5.41) is 3.17. The molecule has 0 saturated carbocycles. The number of fused-ring (bicyclic) bond motifs is 1. The van der Waals surface area contributed by atoms with Crippen LogP contribution in [-0.2, 0) is 6.42 Å². The molecule has 5 nitrogen and oxygen atoms in total. The number of hydrogen-bond acceptors (Lipinski definition) is 3. The second-order valence-electron chi connectivity index (χ2n) is 7.67. The number of amides is 2. The van der Waals surface area contributed by atoms with E-state index in [0.29, 0.717) is 25.1 Å². The Kier molecular flexibility index (Phi) is 5.11. The maximum absolute atomic E-state index is 12.7. The number of carbonyl (C=O) groups excluding carboxylic acids is 1. The van der Waals surface area contributed by atoms with Gasteiger partial charge in [-0.2, -0.15) is 0 Å². The van der Waals surface area contributed by atoms with Gasteiger partial charge in [-0.3, -0.25) is 0 Å². The van der Waals surface area contributed by atoms with E-state index in [1.54, 1.807) is 0 Å². The highest BCUT2D eigenvalue weighted by atomic mass is 16.5. The summed E-state index contributed by atoms with van der Waals surface area (Å²) in [5.74, 6) is 1.36. The first-order valence-electron chi connectivity index (χ1n) is 9.77. The predicted molar refractivity (Wildman–Crippen MR) is 97.9 cm³/mol. The molecule has 3 aliphatic rings. The molecule has 0 spiro atoms. The number of urea groups is 1. The number of nitrogens with zero attached hydrogens (tertiary/aromatic N) is 2. The molecule has 3 heterocycles. The minimum Gasteiger partial charge on any atom is -0.493 e. The maximum atomic E-state index is 12.7. The summed E-state index contributed by atoms with van der Waals surface area (Å²) in [7, 11) is 0. The summed E-state index contributed by atoms with van der Waals surface area (Å²) < 4.78 is 5.83. The molecule has 25 heavy (non-hydrogen) atoms. The van der Waals surface area contributed by atoms with Gasteiger partial charge in [0.15, 0.2) is 0 Å². The second-order valence-corrected chi connectivity index (χ2v) is 7.67. The van der Waals surface area contributed by atoms with Gasteiger partial charge in [-0.05, 0) is 56.8 Å². The third kappa shape index (κ3) is 3.92. The summed E-state index contributed by atoms with van der Waals surface area (Å²) in [4.78, 5) is 17.3. The van der Waals surface area contributed by atoms with Crippen molar-refractivity contribution < 1.29 is 9.53 Å². The maximum Gasteiger partial charge on any atom is 0.317 e. The standard InChI is InChI=1S/C20H29N3O2/c24-20(23-11-5-7-18(23)14-22-9-3-4-10-22)21-13-16-12-17-6-1-2-8-19(17)25-15-16/h1-2,6,8,16,18H,3-5,7,9-15H2,(H,21,24). The van der Waals surface area contributed by atoms with E-state index in [1.807, 2.05) is 12.1 Å². The van der Waals surface area contributed by atoms with E-state index in [-0.39, 0.29) is 6.03 Å². The number of benzene rings is 1. The van der Waals surface area contributed by atoms with E-state index in [4.69, 9.17) is 4.74 Å². The van der Waals surface area contributed by atoms with Gasteiger partial charge in [0.25, 0.3) is 0 Å². The molecule has 2 saturated heterocycles. The molecule has 4 rings (SSSR count). The highest BCUT2D eigenvalue weighted by molar-refractivity contribution is 5.74. The Labute approximate surface area is 150 Å². The molecule has 0 radical (unpaired) electrons. The molecule has 0 aromatic heterocycles. The molecule has 1 aromatic rings. The topological polar surface area (TPSA) is 44.8 Å². The van der Waals surface area contributed by atoms with Crippen LogP contribution in [0, 0.1) is 5.92 Å². The molecule has 0 aliphatic carbocycles. The number of carbonyl (C=O) groups is 1. The zero-order valence-corrected chi connectivity index (χ0v) is 15.0. The summed E-state index contributed by atoms with van der Waals surface area (Å²) in [6.45, 7) is 5.73. The molecule has 1 N–H and O–H groups in total. The fourth-order valence-corrected chi connectivity index (χ4v) is 4.41. The SMILES string of the molecule is O=C(NCC1COc2ccccc2C1)N1CCCC1CN1CCCC1. The molecule has 5 heteroatoms. The van der Waals surface area contributed by atoms with Gasteiger partial charge in [0, 0.05) is 31.6 Å². The number of hydrogen-bond donors (Lipinski definition) is 1. The molecule has 2 amide bonds. The molecule has 0 bridgehead atoms.